The predicted octanol–water partition coefficient (Wildman–Crippen LogP) is 2.08. The highest BCUT2D eigenvalue weighted by molar-refractivity contribution is 5.90. The lowest BCUT2D eigenvalue weighted by molar-refractivity contribution is 0.0596. The smallest absolute Gasteiger partial charge is 0.338 e. The third-order valence-corrected chi connectivity index (χ3v) is 3.74. The molecule has 1 aliphatic heterocycles. The lowest BCUT2D eigenvalue weighted by Crippen LogP contribution is -2.36. The molecule has 104 valence electrons. The van der Waals surface area contributed by atoms with Gasteiger partial charge in [-0.1, -0.05) is 18.2 Å². The number of likely N-dealkylation sites (N-methyl/N-ethyl adjacent to an activating group) is 1. The zero-order valence-corrected chi connectivity index (χ0v) is 11.8. The summed E-state index contributed by atoms with van der Waals surface area (Å²) in [5.41, 5.74) is 1.64. The minimum Gasteiger partial charge on any atom is -0.465 e. The molecule has 1 fully saturated rings. The zero-order valence-electron chi connectivity index (χ0n) is 11.8. The fourth-order valence-electron chi connectivity index (χ4n) is 2.65. The van der Waals surface area contributed by atoms with Gasteiger partial charge in [-0.05, 0) is 32.0 Å². The fraction of sp³-hybridized carbons (Fsp3) is 0.533. The van der Waals surface area contributed by atoms with Crippen molar-refractivity contribution in [3.05, 3.63) is 35.4 Å². The van der Waals surface area contributed by atoms with Crippen LogP contribution in [-0.4, -0.2) is 43.8 Å². The van der Waals surface area contributed by atoms with Gasteiger partial charge in [0.1, 0.15) is 0 Å². The van der Waals surface area contributed by atoms with Crippen molar-refractivity contribution in [3.63, 3.8) is 0 Å². The highest BCUT2D eigenvalue weighted by Crippen LogP contribution is 2.21. The van der Waals surface area contributed by atoms with Crippen molar-refractivity contribution in [1.82, 2.24) is 4.90 Å². The number of esters is 1. The van der Waals surface area contributed by atoms with Gasteiger partial charge in [0.25, 0.3) is 0 Å². The molecule has 2 unspecified atom stereocenters. The normalized spacial score (nSPS) is 22.7. The zero-order chi connectivity index (χ0) is 13.8. The number of rotatable bonds is 4. The Bertz CT molecular complexity index is 447. The van der Waals surface area contributed by atoms with Crippen molar-refractivity contribution < 1.29 is 14.3 Å². The van der Waals surface area contributed by atoms with Crippen LogP contribution >= 0.6 is 0 Å². The second-order valence-corrected chi connectivity index (χ2v) is 5.00. The minimum absolute atomic E-state index is 0.246. The largest absolute Gasteiger partial charge is 0.465 e. The molecule has 0 amide bonds. The van der Waals surface area contributed by atoms with E-state index in [2.05, 4.69) is 18.9 Å². The first kappa shape index (κ1) is 14.0. The van der Waals surface area contributed by atoms with Gasteiger partial charge >= 0.3 is 5.97 Å². The first-order valence-electron chi connectivity index (χ1n) is 6.61. The molecule has 1 aliphatic rings. The number of ether oxygens (including phenoxy) is 2. The summed E-state index contributed by atoms with van der Waals surface area (Å²) in [5, 5.41) is 0. The van der Waals surface area contributed by atoms with Gasteiger partial charge in [-0.25, -0.2) is 4.79 Å². The van der Waals surface area contributed by atoms with Gasteiger partial charge < -0.3 is 9.47 Å². The molecule has 4 nitrogen and oxygen atoms in total. The lowest BCUT2D eigenvalue weighted by Gasteiger charge is -2.27. The number of benzene rings is 1. The molecule has 19 heavy (non-hydrogen) atoms. The second kappa shape index (κ2) is 6.17. The summed E-state index contributed by atoms with van der Waals surface area (Å²) in [6.07, 6.45) is 1.29. The van der Waals surface area contributed by atoms with Crippen LogP contribution in [0.15, 0.2) is 24.3 Å². The van der Waals surface area contributed by atoms with Crippen LogP contribution in [-0.2, 0) is 16.0 Å². The van der Waals surface area contributed by atoms with Gasteiger partial charge in [-0.15, -0.1) is 0 Å². The molecule has 1 aromatic carbocycles. The third-order valence-electron chi connectivity index (χ3n) is 3.74. The van der Waals surface area contributed by atoms with Crippen molar-refractivity contribution in [2.75, 3.05) is 20.8 Å². The van der Waals surface area contributed by atoms with E-state index < -0.39 is 0 Å². The number of nitrogens with zero attached hydrogens (tertiary/aromatic N) is 1. The molecule has 2 atom stereocenters. The lowest BCUT2D eigenvalue weighted by atomic mass is 10.0. The summed E-state index contributed by atoms with van der Waals surface area (Å²) in [5.74, 6) is -0.278. The number of hydrogen-bond donors (Lipinski definition) is 0. The predicted molar refractivity (Wildman–Crippen MR) is 73.1 cm³/mol. The molecule has 0 aromatic heterocycles. The summed E-state index contributed by atoms with van der Waals surface area (Å²) in [7, 11) is 3.49. The Labute approximate surface area is 114 Å². The average Bonchev–Trinajstić information content (AvgIpc) is 2.85. The van der Waals surface area contributed by atoms with E-state index in [9.17, 15) is 4.79 Å². The molecule has 0 saturated carbocycles. The molecule has 1 aromatic rings. The van der Waals surface area contributed by atoms with Gasteiger partial charge in [0, 0.05) is 19.2 Å². The van der Waals surface area contributed by atoms with Crippen LogP contribution in [0.5, 0.6) is 0 Å². The van der Waals surface area contributed by atoms with Crippen LogP contribution < -0.4 is 0 Å². The number of carbonyl (C=O) groups excluding carboxylic acids is 1. The molecule has 4 heteroatoms. The van der Waals surface area contributed by atoms with Crippen LogP contribution in [0.1, 0.15) is 29.3 Å². The average molecular weight is 263 g/mol. The monoisotopic (exact) mass is 263 g/mol. The van der Waals surface area contributed by atoms with E-state index in [4.69, 9.17) is 9.47 Å². The SMILES string of the molecule is COC(=O)c1ccccc1CN(C)C1CCOC1C. The van der Waals surface area contributed by atoms with Crippen molar-refractivity contribution in [3.8, 4) is 0 Å². The Hall–Kier alpha value is -1.39. The minimum atomic E-state index is -0.278. The van der Waals surface area contributed by atoms with Gasteiger partial charge in [0.05, 0.1) is 18.8 Å². The summed E-state index contributed by atoms with van der Waals surface area (Å²) >= 11 is 0. The first-order valence-corrected chi connectivity index (χ1v) is 6.61. The number of carbonyl (C=O) groups is 1. The fourth-order valence-corrected chi connectivity index (χ4v) is 2.65. The van der Waals surface area contributed by atoms with Gasteiger partial charge in [-0.3, -0.25) is 4.90 Å². The van der Waals surface area contributed by atoms with Crippen LogP contribution in [0, 0.1) is 0 Å². The van der Waals surface area contributed by atoms with Crippen LogP contribution in [0.2, 0.25) is 0 Å². The van der Waals surface area contributed by atoms with Crippen molar-refractivity contribution >= 4 is 5.97 Å². The molecule has 1 saturated heterocycles. The number of methoxy groups -OCH3 is 1. The topological polar surface area (TPSA) is 38.8 Å². The van der Waals surface area contributed by atoms with Crippen LogP contribution in [0.25, 0.3) is 0 Å². The van der Waals surface area contributed by atoms with Gasteiger partial charge in [0.2, 0.25) is 0 Å². The van der Waals surface area contributed by atoms with Crippen LogP contribution in [0.3, 0.4) is 0 Å². The van der Waals surface area contributed by atoms with Gasteiger partial charge in [0.15, 0.2) is 0 Å². The van der Waals surface area contributed by atoms with Crippen molar-refractivity contribution in [1.29, 1.82) is 0 Å². The van der Waals surface area contributed by atoms with E-state index in [-0.39, 0.29) is 12.1 Å². The maximum absolute atomic E-state index is 11.7. The van der Waals surface area contributed by atoms with E-state index in [0.29, 0.717) is 11.6 Å². The second-order valence-electron chi connectivity index (χ2n) is 5.00. The molecule has 0 aliphatic carbocycles. The van der Waals surface area contributed by atoms with Crippen molar-refractivity contribution in [2.45, 2.75) is 32.0 Å². The molecule has 0 N–H and O–H groups in total. The Morgan fingerprint density at radius 2 is 2.21 bits per heavy atom. The quantitative estimate of drug-likeness (QED) is 0.780. The molecule has 0 radical (unpaired) electrons. The van der Waals surface area contributed by atoms with Crippen LogP contribution in [0.4, 0.5) is 0 Å². The Morgan fingerprint density at radius 3 is 2.84 bits per heavy atom. The maximum Gasteiger partial charge on any atom is 0.338 e. The summed E-state index contributed by atoms with van der Waals surface area (Å²) < 4.78 is 10.4. The Balaban J connectivity index is 2.12. The first-order chi connectivity index (χ1) is 9.13. The summed E-state index contributed by atoms with van der Waals surface area (Å²) in [6, 6.07) is 8.00. The van der Waals surface area contributed by atoms with E-state index in [1.807, 2.05) is 24.3 Å². The van der Waals surface area contributed by atoms with E-state index >= 15 is 0 Å². The number of hydrogen-bond acceptors (Lipinski definition) is 4. The third kappa shape index (κ3) is 3.14. The Kier molecular flexibility index (Phi) is 4.56. The highest BCUT2D eigenvalue weighted by Gasteiger charge is 2.28. The van der Waals surface area contributed by atoms with Gasteiger partial charge in [-0.2, -0.15) is 0 Å². The molecule has 1 heterocycles. The summed E-state index contributed by atoms with van der Waals surface area (Å²) in [6.45, 7) is 3.64. The van der Waals surface area contributed by atoms with E-state index in [1.54, 1.807) is 0 Å². The van der Waals surface area contributed by atoms with Crippen molar-refractivity contribution in [2.24, 2.45) is 0 Å². The highest BCUT2D eigenvalue weighted by atomic mass is 16.5. The molecule has 2 rings (SSSR count). The molecule has 0 bridgehead atoms. The summed E-state index contributed by atoms with van der Waals surface area (Å²) in [4.78, 5) is 14.0. The standard InChI is InChI=1S/C15H21NO3/c1-11-14(8-9-19-11)16(2)10-12-6-4-5-7-13(12)15(17)18-3/h4-7,11,14H,8-10H2,1-3H3. The maximum atomic E-state index is 11.7. The van der Waals surface area contributed by atoms with E-state index in [1.165, 1.54) is 7.11 Å². The molecular weight excluding hydrogens is 242 g/mol. The Morgan fingerprint density at radius 1 is 1.47 bits per heavy atom. The molecule has 0 spiro atoms. The molecular formula is C15H21NO3. The van der Waals surface area contributed by atoms with E-state index in [0.717, 1.165) is 25.1 Å².